The Morgan fingerprint density at radius 1 is 1.00 bits per heavy atom. The Morgan fingerprint density at radius 2 is 1.68 bits per heavy atom. The van der Waals surface area contributed by atoms with Gasteiger partial charge in [-0.15, -0.1) is 0 Å². The van der Waals surface area contributed by atoms with Crippen LogP contribution in [0.5, 0.6) is 5.75 Å². The second-order valence-electron chi connectivity index (χ2n) is 9.00. The highest BCUT2D eigenvalue weighted by molar-refractivity contribution is 6.30. The maximum Gasteiger partial charge on any atom is 0.315 e. The van der Waals surface area contributed by atoms with Crippen LogP contribution in [-0.4, -0.2) is 16.1 Å². The molecule has 2 atom stereocenters. The lowest BCUT2D eigenvalue weighted by Crippen LogP contribution is -2.33. The minimum atomic E-state index is -3.39. The number of aromatic nitrogens is 1. The molecule has 0 aliphatic heterocycles. The van der Waals surface area contributed by atoms with E-state index < -0.39 is 34.8 Å². The number of ether oxygens (including phenoxy) is 1. The summed E-state index contributed by atoms with van der Waals surface area (Å²) in [6.45, 7) is 1.65. The topological polar surface area (TPSA) is 62.3 Å². The summed E-state index contributed by atoms with van der Waals surface area (Å²) in [7, 11) is 0. The SMILES string of the molecule is CC(CCC(Oc1ccc(C(F)(F)c2ccc(F)c(Cl)c2)cc1)c1ccccc1)(C(=O)O)c1ccc[nH]1. The summed E-state index contributed by atoms with van der Waals surface area (Å²) in [4.78, 5) is 15.1. The lowest BCUT2D eigenvalue weighted by atomic mass is 9.81. The first-order chi connectivity index (χ1) is 17.6. The van der Waals surface area contributed by atoms with Crippen molar-refractivity contribution in [1.82, 2.24) is 4.98 Å². The van der Waals surface area contributed by atoms with Gasteiger partial charge in [-0.25, -0.2) is 4.39 Å². The maximum absolute atomic E-state index is 15.0. The number of carboxylic acid groups (broad SMARTS) is 1. The van der Waals surface area contributed by atoms with E-state index in [-0.39, 0.29) is 17.0 Å². The summed E-state index contributed by atoms with van der Waals surface area (Å²) in [5.74, 6) is -4.78. The average molecular weight is 528 g/mol. The van der Waals surface area contributed by atoms with E-state index in [1.165, 1.54) is 24.3 Å². The van der Waals surface area contributed by atoms with Gasteiger partial charge in [-0.05, 0) is 79.9 Å². The molecule has 192 valence electrons. The average Bonchev–Trinajstić information content (AvgIpc) is 3.44. The van der Waals surface area contributed by atoms with E-state index in [2.05, 4.69) is 4.98 Å². The van der Waals surface area contributed by atoms with Gasteiger partial charge >= 0.3 is 5.97 Å². The molecule has 4 aromatic rings. The van der Waals surface area contributed by atoms with Crippen LogP contribution in [0.2, 0.25) is 5.02 Å². The molecule has 2 unspecified atom stereocenters. The van der Waals surface area contributed by atoms with Crippen molar-refractivity contribution in [3.8, 4) is 5.75 Å². The largest absolute Gasteiger partial charge is 0.486 e. The van der Waals surface area contributed by atoms with E-state index in [1.807, 2.05) is 30.3 Å². The van der Waals surface area contributed by atoms with Crippen molar-refractivity contribution in [2.24, 2.45) is 0 Å². The molecule has 0 bridgehead atoms. The van der Waals surface area contributed by atoms with Gasteiger partial charge in [0.15, 0.2) is 0 Å². The number of benzene rings is 3. The van der Waals surface area contributed by atoms with Crippen molar-refractivity contribution in [3.05, 3.63) is 124 Å². The molecule has 0 saturated heterocycles. The van der Waals surface area contributed by atoms with Crippen LogP contribution in [0.15, 0.2) is 91.1 Å². The molecule has 0 amide bonds. The minimum absolute atomic E-state index is 0.268. The highest BCUT2D eigenvalue weighted by Gasteiger charge is 2.37. The van der Waals surface area contributed by atoms with Crippen LogP contribution >= 0.6 is 11.6 Å². The molecule has 0 fully saturated rings. The fourth-order valence-corrected chi connectivity index (χ4v) is 4.36. The zero-order chi connectivity index (χ0) is 26.6. The van der Waals surface area contributed by atoms with E-state index in [1.54, 1.807) is 25.3 Å². The van der Waals surface area contributed by atoms with Gasteiger partial charge in [0.05, 0.1) is 5.02 Å². The third kappa shape index (κ3) is 5.67. The van der Waals surface area contributed by atoms with Crippen LogP contribution in [0.4, 0.5) is 13.2 Å². The summed E-state index contributed by atoms with van der Waals surface area (Å²) < 4.78 is 49.7. The van der Waals surface area contributed by atoms with E-state index in [4.69, 9.17) is 16.3 Å². The molecular formula is C29H25ClF3NO3. The molecule has 2 N–H and O–H groups in total. The molecule has 0 radical (unpaired) electrons. The Bertz CT molecular complexity index is 1340. The summed E-state index contributed by atoms with van der Waals surface area (Å²) in [6.07, 6.45) is 1.79. The number of carbonyl (C=O) groups is 1. The fraction of sp³-hybridized carbons (Fsp3) is 0.207. The lowest BCUT2D eigenvalue weighted by Gasteiger charge is -2.27. The molecule has 37 heavy (non-hydrogen) atoms. The first-order valence-corrected chi connectivity index (χ1v) is 12.0. The third-order valence-corrected chi connectivity index (χ3v) is 6.81. The highest BCUT2D eigenvalue weighted by atomic mass is 35.5. The third-order valence-electron chi connectivity index (χ3n) is 6.52. The number of nitrogens with one attached hydrogen (secondary N) is 1. The van der Waals surface area contributed by atoms with Crippen molar-refractivity contribution < 1.29 is 27.8 Å². The summed E-state index contributed by atoms with van der Waals surface area (Å²) in [5, 5.41) is 9.57. The van der Waals surface area contributed by atoms with Crippen LogP contribution in [0.1, 0.15) is 48.3 Å². The van der Waals surface area contributed by atoms with E-state index in [0.717, 1.165) is 23.8 Å². The molecular weight excluding hydrogens is 503 g/mol. The maximum atomic E-state index is 15.0. The molecule has 0 aliphatic carbocycles. The van der Waals surface area contributed by atoms with Gasteiger partial charge in [0.1, 0.15) is 23.1 Å². The van der Waals surface area contributed by atoms with E-state index in [9.17, 15) is 14.3 Å². The van der Waals surface area contributed by atoms with Gasteiger partial charge in [0, 0.05) is 23.0 Å². The van der Waals surface area contributed by atoms with Crippen molar-refractivity contribution in [1.29, 1.82) is 0 Å². The van der Waals surface area contributed by atoms with Crippen LogP contribution < -0.4 is 4.74 Å². The number of alkyl halides is 2. The van der Waals surface area contributed by atoms with Gasteiger partial charge in [-0.2, -0.15) is 8.78 Å². The first-order valence-electron chi connectivity index (χ1n) is 11.6. The zero-order valence-corrected chi connectivity index (χ0v) is 20.7. The van der Waals surface area contributed by atoms with Crippen molar-refractivity contribution >= 4 is 17.6 Å². The summed E-state index contributed by atoms with van der Waals surface area (Å²) in [6, 6.07) is 21.0. The zero-order valence-electron chi connectivity index (χ0n) is 19.9. The number of aromatic amines is 1. The van der Waals surface area contributed by atoms with Crippen LogP contribution in [0.25, 0.3) is 0 Å². The number of hydrogen-bond acceptors (Lipinski definition) is 2. The molecule has 8 heteroatoms. The Hall–Kier alpha value is -3.71. The van der Waals surface area contributed by atoms with Crippen molar-refractivity contribution in [3.63, 3.8) is 0 Å². The van der Waals surface area contributed by atoms with Gasteiger partial charge in [0.25, 0.3) is 5.92 Å². The van der Waals surface area contributed by atoms with Gasteiger partial charge in [-0.1, -0.05) is 41.9 Å². The Morgan fingerprint density at radius 3 is 2.27 bits per heavy atom. The Labute approximate surface area is 217 Å². The van der Waals surface area contributed by atoms with Crippen LogP contribution in [0.3, 0.4) is 0 Å². The molecule has 1 heterocycles. The normalized spacial score (nSPS) is 14.1. The molecule has 0 saturated carbocycles. The monoisotopic (exact) mass is 527 g/mol. The first kappa shape index (κ1) is 26.4. The molecule has 3 aromatic carbocycles. The standard InChI is InChI=1S/C29H25ClF3NO3/c1-28(27(35)36,26-8-5-17-34-26)16-15-25(19-6-3-2-4-7-19)37-22-12-9-20(10-13-22)29(32,33)21-11-14-24(31)23(30)18-21/h2-14,17-18,25,34H,15-16H2,1H3,(H,35,36). The van der Waals surface area contributed by atoms with E-state index in [0.29, 0.717) is 17.9 Å². The number of halogens is 4. The fourth-order valence-electron chi connectivity index (χ4n) is 4.18. The van der Waals surface area contributed by atoms with Gasteiger partial charge < -0.3 is 14.8 Å². The lowest BCUT2D eigenvalue weighted by molar-refractivity contribution is -0.143. The smallest absolute Gasteiger partial charge is 0.315 e. The molecule has 0 aliphatic rings. The second kappa shape index (κ2) is 10.7. The quantitative estimate of drug-likeness (QED) is 0.220. The molecule has 4 nitrogen and oxygen atoms in total. The summed E-state index contributed by atoms with van der Waals surface area (Å²) in [5.41, 5.74) is -0.477. The molecule has 4 rings (SSSR count). The van der Waals surface area contributed by atoms with Crippen molar-refractivity contribution in [2.75, 3.05) is 0 Å². The summed E-state index contributed by atoms with van der Waals surface area (Å²) >= 11 is 5.69. The number of carboxylic acids is 1. The van der Waals surface area contributed by atoms with Gasteiger partial charge in [-0.3, -0.25) is 4.79 Å². The molecule has 1 aromatic heterocycles. The minimum Gasteiger partial charge on any atom is -0.486 e. The molecule has 0 spiro atoms. The second-order valence-corrected chi connectivity index (χ2v) is 9.41. The van der Waals surface area contributed by atoms with Gasteiger partial charge in [0.2, 0.25) is 0 Å². The van der Waals surface area contributed by atoms with Crippen molar-refractivity contribution in [2.45, 2.75) is 37.2 Å². The number of aliphatic carboxylic acids is 1. The number of hydrogen-bond donors (Lipinski definition) is 2. The number of rotatable bonds is 10. The number of H-pyrrole nitrogens is 1. The highest BCUT2D eigenvalue weighted by Crippen LogP contribution is 2.39. The Balaban J connectivity index is 1.56. The Kier molecular flexibility index (Phi) is 7.64. The van der Waals surface area contributed by atoms with E-state index >= 15 is 8.78 Å². The van der Waals surface area contributed by atoms with Crippen LogP contribution in [-0.2, 0) is 16.1 Å². The van der Waals surface area contributed by atoms with Crippen LogP contribution in [0, 0.1) is 5.82 Å². The predicted molar refractivity (Wildman–Crippen MR) is 136 cm³/mol. The predicted octanol–water partition coefficient (Wildman–Crippen LogP) is 7.89.